The van der Waals surface area contributed by atoms with Gasteiger partial charge < -0.3 is 5.32 Å². The summed E-state index contributed by atoms with van der Waals surface area (Å²) in [5.41, 5.74) is 0. The molecule has 4 nitrogen and oxygen atoms in total. The molecule has 0 spiro atoms. The van der Waals surface area contributed by atoms with Crippen LogP contribution < -0.4 is 5.32 Å². The Morgan fingerprint density at radius 3 is 2.69 bits per heavy atom. The van der Waals surface area contributed by atoms with Gasteiger partial charge in [0.25, 0.3) is 0 Å². The molecule has 2 rings (SSSR count). The minimum atomic E-state index is -2.75. The van der Waals surface area contributed by atoms with Crippen molar-refractivity contribution in [1.29, 1.82) is 0 Å². The fourth-order valence-corrected chi connectivity index (χ4v) is 4.54. The van der Waals surface area contributed by atoms with Crippen molar-refractivity contribution in [3.8, 4) is 0 Å². The van der Waals surface area contributed by atoms with Gasteiger partial charge in [0.2, 0.25) is 0 Å². The molecular formula is C10H18N2O2S2. The maximum Gasteiger partial charge on any atom is 0.157 e. The maximum atomic E-state index is 11.3. The third-order valence-electron chi connectivity index (χ3n) is 3.07. The summed E-state index contributed by atoms with van der Waals surface area (Å²) < 4.78 is 22.5. The molecule has 1 fully saturated rings. The fraction of sp³-hybridized carbons (Fsp3) is 0.900. The van der Waals surface area contributed by atoms with Gasteiger partial charge in [-0.15, -0.1) is 0 Å². The summed E-state index contributed by atoms with van der Waals surface area (Å²) in [4.78, 5) is 4.56. The SMILES string of the molecule is CCC1CSC(NC2CCS(=O)(=O)CC2)=N1. The van der Waals surface area contributed by atoms with Gasteiger partial charge in [0, 0.05) is 11.8 Å². The molecule has 1 unspecified atom stereocenters. The molecule has 0 radical (unpaired) electrons. The molecule has 0 aromatic heterocycles. The average Bonchev–Trinajstić information content (AvgIpc) is 2.69. The number of rotatable bonds is 2. The van der Waals surface area contributed by atoms with Crippen LogP contribution in [0.2, 0.25) is 0 Å². The number of thioether (sulfide) groups is 1. The van der Waals surface area contributed by atoms with Crippen LogP contribution in [0.5, 0.6) is 0 Å². The van der Waals surface area contributed by atoms with E-state index in [9.17, 15) is 8.42 Å². The van der Waals surface area contributed by atoms with E-state index in [1.54, 1.807) is 11.8 Å². The highest BCUT2D eigenvalue weighted by molar-refractivity contribution is 8.14. The van der Waals surface area contributed by atoms with Crippen LogP contribution in [-0.2, 0) is 9.84 Å². The fourth-order valence-electron chi connectivity index (χ4n) is 1.91. The lowest BCUT2D eigenvalue weighted by Crippen LogP contribution is -2.39. The predicted molar refractivity (Wildman–Crippen MR) is 68.8 cm³/mol. The van der Waals surface area contributed by atoms with Crippen molar-refractivity contribution in [1.82, 2.24) is 5.32 Å². The van der Waals surface area contributed by atoms with Gasteiger partial charge in [0.1, 0.15) is 9.84 Å². The van der Waals surface area contributed by atoms with E-state index in [0.29, 0.717) is 23.6 Å². The molecule has 0 bridgehead atoms. The second-order valence-corrected chi connectivity index (χ2v) is 7.69. The van der Waals surface area contributed by atoms with Crippen molar-refractivity contribution in [3.63, 3.8) is 0 Å². The highest BCUT2D eigenvalue weighted by Crippen LogP contribution is 2.20. The summed E-state index contributed by atoms with van der Waals surface area (Å²) in [5, 5.41) is 4.38. The molecule has 0 saturated carbocycles. The number of hydrogen-bond donors (Lipinski definition) is 1. The number of amidine groups is 1. The number of nitrogens with one attached hydrogen (secondary N) is 1. The molecule has 1 N–H and O–H groups in total. The first kappa shape index (κ1) is 12.2. The molecule has 0 aromatic carbocycles. The molecule has 0 amide bonds. The van der Waals surface area contributed by atoms with Crippen molar-refractivity contribution in [2.24, 2.45) is 4.99 Å². The van der Waals surface area contributed by atoms with Crippen LogP contribution in [-0.4, -0.2) is 42.9 Å². The Balaban J connectivity index is 1.83. The van der Waals surface area contributed by atoms with Crippen molar-refractivity contribution in [2.45, 2.75) is 38.3 Å². The molecular weight excluding hydrogens is 244 g/mol. The summed E-state index contributed by atoms with van der Waals surface area (Å²) in [7, 11) is -2.75. The molecule has 92 valence electrons. The first-order valence-corrected chi connectivity index (χ1v) is 8.57. The van der Waals surface area contributed by atoms with E-state index < -0.39 is 9.84 Å². The first-order chi connectivity index (χ1) is 7.59. The predicted octanol–water partition coefficient (Wildman–Crippen LogP) is 1.03. The number of aliphatic imine (C=N–C) groups is 1. The Bertz CT molecular complexity index is 364. The van der Waals surface area contributed by atoms with Crippen LogP contribution in [0.25, 0.3) is 0 Å². The second-order valence-electron chi connectivity index (χ2n) is 4.38. The van der Waals surface area contributed by atoms with Crippen LogP contribution >= 0.6 is 11.8 Å². The molecule has 2 aliphatic rings. The van der Waals surface area contributed by atoms with E-state index in [0.717, 1.165) is 30.2 Å². The smallest absolute Gasteiger partial charge is 0.157 e. The van der Waals surface area contributed by atoms with Crippen molar-refractivity contribution in [3.05, 3.63) is 0 Å². The van der Waals surface area contributed by atoms with E-state index in [1.165, 1.54) is 0 Å². The Morgan fingerprint density at radius 2 is 2.12 bits per heavy atom. The quantitative estimate of drug-likeness (QED) is 0.807. The van der Waals surface area contributed by atoms with Crippen molar-refractivity contribution >= 4 is 26.8 Å². The van der Waals surface area contributed by atoms with Crippen LogP contribution in [0.3, 0.4) is 0 Å². The molecule has 0 aromatic rings. The van der Waals surface area contributed by atoms with Gasteiger partial charge in [-0.25, -0.2) is 8.42 Å². The third-order valence-corrected chi connectivity index (χ3v) is 5.83. The summed E-state index contributed by atoms with van der Waals surface area (Å²) in [5.74, 6) is 1.70. The Hall–Kier alpha value is -0.230. The lowest BCUT2D eigenvalue weighted by Gasteiger charge is -2.23. The molecule has 2 aliphatic heterocycles. The monoisotopic (exact) mass is 262 g/mol. The normalized spacial score (nSPS) is 30.1. The topological polar surface area (TPSA) is 58.5 Å². The summed E-state index contributed by atoms with van der Waals surface area (Å²) in [6.07, 6.45) is 2.52. The van der Waals surface area contributed by atoms with Crippen LogP contribution in [0.15, 0.2) is 4.99 Å². The number of nitrogens with zero attached hydrogens (tertiary/aromatic N) is 1. The highest BCUT2D eigenvalue weighted by atomic mass is 32.2. The molecule has 2 heterocycles. The third kappa shape index (κ3) is 3.13. The van der Waals surface area contributed by atoms with E-state index in [-0.39, 0.29) is 0 Å². The van der Waals surface area contributed by atoms with Gasteiger partial charge in [-0.05, 0) is 19.3 Å². The number of sulfone groups is 1. The Kier molecular flexibility index (Phi) is 3.79. The Morgan fingerprint density at radius 1 is 1.44 bits per heavy atom. The van der Waals surface area contributed by atoms with E-state index >= 15 is 0 Å². The largest absolute Gasteiger partial charge is 0.362 e. The van der Waals surface area contributed by atoms with E-state index in [1.807, 2.05) is 0 Å². The zero-order chi connectivity index (χ0) is 11.6. The van der Waals surface area contributed by atoms with Gasteiger partial charge in [-0.3, -0.25) is 4.99 Å². The van der Waals surface area contributed by atoms with Gasteiger partial charge in [0.05, 0.1) is 17.5 Å². The lowest BCUT2D eigenvalue weighted by atomic mass is 10.2. The highest BCUT2D eigenvalue weighted by Gasteiger charge is 2.25. The maximum absolute atomic E-state index is 11.3. The molecule has 0 aliphatic carbocycles. The molecule has 1 atom stereocenters. The van der Waals surface area contributed by atoms with Gasteiger partial charge in [0.15, 0.2) is 5.17 Å². The zero-order valence-electron chi connectivity index (χ0n) is 9.48. The first-order valence-electron chi connectivity index (χ1n) is 5.76. The zero-order valence-corrected chi connectivity index (χ0v) is 11.1. The Labute approximate surface area is 101 Å². The molecule has 16 heavy (non-hydrogen) atoms. The van der Waals surface area contributed by atoms with Gasteiger partial charge >= 0.3 is 0 Å². The minimum Gasteiger partial charge on any atom is -0.362 e. The van der Waals surface area contributed by atoms with Crippen LogP contribution in [0, 0.1) is 0 Å². The average molecular weight is 262 g/mol. The van der Waals surface area contributed by atoms with Gasteiger partial charge in [-0.1, -0.05) is 18.7 Å². The van der Waals surface area contributed by atoms with Crippen molar-refractivity contribution in [2.75, 3.05) is 17.3 Å². The lowest BCUT2D eigenvalue weighted by molar-refractivity contribution is 0.522. The van der Waals surface area contributed by atoms with E-state index in [2.05, 4.69) is 17.2 Å². The van der Waals surface area contributed by atoms with E-state index in [4.69, 9.17) is 0 Å². The standard InChI is InChI=1S/C10H18N2O2S2/c1-2-8-7-15-10(11-8)12-9-3-5-16(13,14)6-4-9/h8-9H,2-7H2,1H3,(H,11,12). The summed E-state index contributed by atoms with van der Waals surface area (Å²) in [6.45, 7) is 2.14. The molecule has 6 heteroatoms. The van der Waals surface area contributed by atoms with Gasteiger partial charge in [-0.2, -0.15) is 0 Å². The summed E-state index contributed by atoms with van der Waals surface area (Å²) in [6, 6.07) is 0.741. The van der Waals surface area contributed by atoms with Crippen LogP contribution in [0.4, 0.5) is 0 Å². The minimum absolute atomic E-state index is 0.297. The number of hydrogen-bond acceptors (Lipinski definition) is 5. The summed E-state index contributed by atoms with van der Waals surface area (Å²) >= 11 is 1.76. The van der Waals surface area contributed by atoms with Crippen molar-refractivity contribution < 1.29 is 8.42 Å². The second kappa shape index (κ2) is 4.96. The molecule has 1 saturated heterocycles. The van der Waals surface area contributed by atoms with Crippen LogP contribution in [0.1, 0.15) is 26.2 Å².